The molecule has 0 saturated carbocycles. The van der Waals surface area contributed by atoms with Gasteiger partial charge in [0.15, 0.2) is 5.69 Å². The molecule has 2 aromatic heterocycles. The number of nitro groups is 1. The summed E-state index contributed by atoms with van der Waals surface area (Å²) in [6.07, 6.45) is 2.49. The van der Waals surface area contributed by atoms with Crippen LogP contribution in [0.5, 0.6) is 0 Å². The maximum absolute atomic E-state index is 11.2. The predicted octanol–water partition coefficient (Wildman–Crippen LogP) is 2.27. The van der Waals surface area contributed by atoms with Gasteiger partial charge in [-0.3, -0.25) is 4.79 Å². The third-order valence-corrected chi connectivity index (χ3v) is 3.40. The zero-order chi connectivity index (χ0) is 13.3. The summed E-state index contributed by atoms with van der Waals surface area (Å²) in [6.45, 7) is 1.83. The first-order chi connectivity index (χ1) is 8.56. The van der Waals surface area contributed by atoms with Gasteiger partial charge < -0.3 is 15.2 Å². The van der Waals surface area contributed by atoms with Gasteiger partial charge in [-0.1, -0.05) is 24.7 Å². The Morgan fingerprint density at radius 1 is 1.72 bits per heavy atom. The number of carboxylic acids is 1. The maximum Gasteiger partial charge on any atom is 0.352 e. The first kappa shape index (κ1) is 12.5. The Labute approximate surface area is 106 Å². The molecule has 96 valence electrons. The largest absolute Gasteiger partial charge is 0.481 e. The zero-order valence-corrected chi connectivity index (χ0v) is 10.4. The summed E-state index contributed by atoms with van der Waals surface area (Å²) >= 11 is 1.24. The van der Waals surface area contributed by atoms with Crippen LogP contribution in [0.2, 0.25) is 0 Å². The number of carboxylic acid groups (broad SMARTS) is 1. The van der Waals surface area contributed by atoms with E-state index in [1.165, 1.54) is 21.9 Å². The number of aromatic nitrogens is 2. The van der Waals surface area contributed by atoms with Crippen LogP contribution in [0.1, 0.15) is 31.4 Å². The Balaban J connectivity index is 2.60. The lowest BCUT2D eigenvalue weighted by molar-refractivity contribution is -0.391. The van der Waals surface area contributed by atoms with Crippen LogP contribution in [-0.2, 0) is 4.79 Å². The van der Waals surface area contributed by atoms with Gasteiger partial charge in [0, 0.05) is 5.38 Å². The molecule has 0 aromatic carbocycles. The highest BCUT2D eigenvalue weighted by Crippen LogP contribution is 2.32. The molecule has 2 rings (SSSR count). The highest BCUT2D eigenvalue weighted by atomic mass is 32.1. The van der Waals surface area contributed by atoms with Gasteiger partial charge in [0.05, 0.1) is 0 Å². The minimum Gasteiger partial charge on any atom is -0.481 e. The highest BCUT2D eigenvalue weighted by molar-refractivity contribution is 7.15. The molecule has 2 aromatic rings. The molecule has 1 unspecified atom stereocenters. The van der Waals surface area contributed by atoms with Crippen LogP contribution >= 0.6 is 11.3 Å². The molecule has 0 bridgehead atoms. The van der Waals surface area contributed by atoms with E-state index in [1.54, 1.807) is 5.38 Å². The number of hydrogen-bond acceptors (Lipinski definition) is 5. The van der Waals surface area contributed by atoms with Crippen LogP contribution in [0.3, 0.4) is 0 Å². The van der Waals surface area contributed by atoms with Gasteiger partial charge in [-0.15, -0.1) is 0 Å². The fourth-order valence-electron chi connectivity index (χ4n) is 1.87. The number of hydrogen-bond donors (Lipinski definition) is 1. The standard InChI is InChI=1S/C10H11N3O4S/c1-2-3-6(9(14)15)7-8(13(16)17)12-4-5-18-10(12)11-7/h4-6H,2-3H2,1H3,(H,14,15). The normalized spacial score (nSPS) is 12.7. The molecule has 0 aliphatic rings. The predicted molar refractivity (Wildman–Crippen MR) is 65.0 cm³/mol. The molecule has 2 heterocycles. The molecule has 1 atom stereocenters. The van der Waals surface area contributed by atoms with Crippen molar-refractivity contribution < 1.29 is 14.8 Å². The zero-order valence-electron chi connectivity index (χ0n) is 9.57. The molecule has 0 radical (unpaired) electrons. The summed E-state index contributed by atoms with van der Waals surface area (Å²) in [5, 5.41) is 21.9. The van der Waals surface area contributed by atoms with Crippen LogP contribution < -0.4 is 0 Å². The van der Waals surface area contributed by atoms with Gasteiger partial charge in [-0.2, -0.15) is 9.38 Å². The second-order valence-electron chi connectivity index (χ2n) is 3.81. The van der Waals surface area contributed by atoms with Gasteiger partial charge in [0.25, 0.3) is 4.96 Å². The van der Waals surface area contributed by atoms with E-state index in [2.05, 4.69) is 4.98 Å². The number of nitrogens with zero attached hydrogens (tertiary/aromatic N) is 3. The topological polar surface area (TPSA) is 97.7 Å². The van der Waals surface area contributed by atoms with E-state index in [1.807, 2.05) is 6.92 Å². The second kappa shape index (κ2) is 4.73. The van der Waals surface area contributed by atoms with E-state index in [9.17, 15) is 14.9 Å². The maximum atomic E-state index is 11.2. The van der Waals surface area contributed by atoms with E-state index in [4.69, 9.17) is 5.11 Å². The minimum atomic E-state index is -1.08. The first-order valence-electron chi connectivity index (χ1n) is 5.38. The van der Waals surface area contributed by atoms with Gasteiger partial charge >= 0.3 is 11.8 Å². The van der Waals surface area contributed by atoms with Crippen molar-refractivity contribution in [3.8, 4) is 0 Å². The molecule has 0 saturated heterocycles. The van der Waals surface area contributed by atoms with E-state index in [-0.39, 0.29) is 11.5 Å². The van der Waals surface area contributed by atoms with E-state index >= 15 is 0 Å². The van der Waals surface area contributed by atoms with Gasteiger partial charge in [0.2, 0.25) is 0 Å². The molecule has 0 aliphatic carbocycles. The average molecular weight is 269 g/mol. The van der Waals surface area contributed by atoms with Gasteiger partial charge in [-0.25, -0.2) is 0 Å². The number of fused-ring (bicyclic) bond motifs is 1. The molecule has 1 N–H and O–H groups in total. The fraction of sp³-hybridized carbons (Fsp3) is 0.400. The lowest BCUT2D eigenvalue weighted by atomic mass is 10.00. The van der Waals surface area contributed by atoms with Crippen molar-refractivity contribution >= 4 is 28.1 Å². The average Bonchev–Trinajstić information content (AvgIpc) is 2.83. The summed E-state index contributed by atoms with van der Waals surface area (Å²) in [5.41, 5.74) is 0.0428. The number of thiazole rings is 1. The number of aliphatic carboxylic acids is 1. The monoisotopic (exact) mass is 269 g/mol. The van der Waals surface area contributed by atoms with Crippen molar-refractivity contribution in [1.29, 1.82) is 0 Å². The molecule has 18 heavy (non-hydrogen) atoms. The molecule has 0 fully saturated rings. The summed E-state index contributed by atoms with van der Waals surface area (Å²) < 4.78 is 1.32. The van der Waals surface area contributed by atoms with Crippen molar-refractivity contribution in [2.24, 2.45) is 0 Å². The van der Waals surface area contributed by atoms with Gasteiger partial charge in [0.1, 0.15) is 12.1 Å². The van der Waals surface area contributed by atoms with E-state index in [0.29, 0.717) is 17.8 Å². The SMILES string of the molecule is CCCC(C(=O)O)c1nc2sccn2c1[N+](=O)[O-]. The fourth-order valence-corrected chi connectivity index (χ4v) is 2.59. The van der Waals surface area contributed by atoms with Crippen LogP contribution in [0.25, 0.3) is 4.96 Å². The van der Waals surface area contributed by atoms with Crippen molar-refractivity contribution in [2.45, 2.75) is 25.7 Å². The highest BCUT2D eigenvalue weighted by Gasteiger charge is 2.33. The molecular formula is C10H11N3O4S. The lowest BCUT2D eigenvalue weighted by Crippen LogP contribution is -2.13. The smallest absolute Gasteiger partial charge is 0.352 e. The summed E-state index contributed by atoms with van der Waals surface area (Å²) in [5.74, 6) is -2.25. The van der Waals surface area contributed by atoms with Crippen LogP contribution in [-0.4, -0.2) is 25.4 Å². The van der Waals surface area contributed by atoms with Gasteiger partial charge in [-0.05, 0) is 11.3 Å². The molecule has 8 heteroatoms. The quantitative estimate of drug-likeness (QED) is 0.663. The number of rotatable bonds is 5. The third-order valence-electron chi connectivity index (χ3n) is 2.64. The van der Waals surface area contributed by atoms with Crippen LogP contribution in [0, 0.1) is 10.1 Å². The number of imidazole rings is 1. The molecule has 7 nitrogen and oxygen atoms in total. The molecular weight excluding hydrogens is 258 g/mol. The summed E-state index contributed by atoms with van der Waals surface area (Å²) in [6, 6.07) is 0. The Bertz CT molecular complexity index is 603. The Hall–Kier alpha value is -1.96. The van der Waals surface area contributed by atoms with Crippen molar-refractivity contribution in [3.63, 3.8) is 0 Å². The minimum absolute atomic E-state index is 0.0428. The summed E-state index contributed by atoms with van der Waals surface area (Å²) in [7, 11) is 0. The first-order valence-corrected chi connectivity index (χ1v) is 6.26. The number of carbonyl (C=O) groups is 1. The molecule has 0 amide bonds. The Morgan fingerprint density at radius 2 is 2.44 bits per heavy atom. The molecule has 0 aliphatic heterocycles. The van der Waals surface area contributed by atoms with E-state index < -0.39 is 16.8 Å². The Kier molecular flexibility index (Phi) is 3.28. The van der Waals surface area contributed by atoms with E-state index in [0.717, 1.165) is 0 Å². The van der Waals surface area contributed by atoms with Crippen LogP contribution in [0.15, 0.2) is 11.6 Å². The van der Waals surface area contributed by atoms with Crippen molar-refractivity contribution in [1.82, 2.24) is 9.38 Å². The lowest BCUT2D eigenvalue weighted by Gasteiger charge is -2.07. The summed E-state index contributed by atoms with van der Waals surface area (Å²) in [4.78, 5) is 26.2. The third kappa shape index (κ3) is 1.94. The van der Waals surface area contributed by atoms with Crippen molar-refractivity contribution in [3.05, 3.63) is 27.4 Å². The van der Waals surface area contributed by atoms with Crippen molar-refractivity contribution in [2.75, 3.05) is 0 Å². The Morgan fingerprint density at radius 3 is 3.00 bits per heavy atom. The second-order valence-corrected chi connectivity index (χ2v) is 4.69. The van der Waals surface area contributed by atoms with Crippen LogP contribution in [0.4, 0.5) is 5.82 Å². The molecule has 0 spiro atoms.